The highest BCUT2D eigenvalue weighted by molar-refractivity contribution is 5.94. The Morgan fingerprint density at radius 1 is 1.17 bits per heavy atom. The van der Waals surface area contributed by atoms with E-state index in [2.05, 4.69) is 5.10 Å². The molecule has 2 heterocycles. The Bertz CT molecular complexity index is 968. The fourth-order valence-corrected chi connectivity index (χ4v) is 4.15. The maximum atomic E-state index is 13.1. The molecule has 0 radical (unpaired) electrons. The molecule has 9 heteroatoms. The van der Waals surface area contributed by atoms with Gasteiger partial charge < -0.3 is 10.0 Å². The second-order valence-corrected chi connectivity index (χ2v) is 7.52. The molecule has 1 aliphatic heterocycles. The number of carbonyl (C=O) groups excluding carboxylic acids is 1. The van der Waals surface area contributed by atoms with Gasteiger partial charge in [-0.15, -0.1) is 0 Å². The molecule has 1 aromatic heterocycles. The smallest absolute Gasteiger partial charge is 0.416 e. The summed E-state index contributed by atoms with van der Waals surface area (Å²) in [4.78, 5) is 25.9. The van der Waals surface area contributed by atoms with Crippen LogP contribution in [-0.4, -0.2) is 44.8 Å². The highest BCUT2D eigenvalue weighted by Crippen LogP contribution is 2.33. The number of nitrogens with zero attached hydrogens (tertiary/aromatic N) is 3. The monoisotopic (exact) mass is 407 g/mol. The van der Waals surface area contributed by atoms with Crippen molar-refractivity contribution in [3.63, 3.8) is 0 Å². The van der Waals surface area contributed by atoms with E-state index >= 15 is 0 Å². The summed E-state index contributed by atoms with van der Waals surface area (Å²) >= 11 is 0. The number of rotatable bonds is 3. The van der Waals surface area contributed by atoms with Gasteiger partial charge in [0.05, 0.1) is 17.2 Å². The molecule has 1 aliphatic carbocycles. The summed E-state index contributed by atoms with van der Waals surface area (Å²) in [7, 11) is 0. The van der Waals surface area contributed by atoms with Crippen LogP contribution < -0.4 is 0 Å². The van der Waals surface area contributed by atoms with Crippen LogP contribution in [0, 0.1) is 5.92 Å². The molecule has 29 heavy (non-hydrogen) atoms. The second kappa shape index (κ2) is 7.20. The number of halogens is 3. The van der Waals surface area contributed by atoms with Crippen LogP contribution in [0.25, 0.3) is 5.69 Å². The molecule has 0 unspecified atom stereocenters. The fourth-order valence-electron chi connectivity index (χ4n) is 4.15. The molecule has 154 valence electrons. The Hall–Kier alpha value is -2.84. The third-order valence-electron chi connectivity index (χ3n) is 5.61. The molecule has 1 saturated heterocycles. The van der Waals surface area contributed by atoms with Crippen LogP contribution in [0.1, 0.15) is 46.6 Å². The zero-order chi connectivity index (χ0) is 20.8. The topological polar surface area (TPSA) is 75.4 Å². The maximum absolute atomic E-state index is 13.1. The molecule has 0 bridgehead atoms. The van der Waals surface area contributed by atoms with Crippen LogP contribution in [0.2, 0.25) is 0 Å². The number of aromatic nitrogens is 2. The highest BCUT2D eigenvalue weighted by atomic mass is 19.4. The van der Waals surface area contributed by atoms with Crippen LogP contribution in [-0.2, 0) is 23.8 Å². The van der Waals surface area contributed by atoms with Gasteiger partial charge in [-0.3, -0.25) is 9.59 Å². The average molecular weight is 407 g/mol. The first-order valence-corrected chi connectivity index (χ1v) is 9.56. The predicted molar refractivity (Wildman–Crippen MR) is 96.9 cm³/mol. The number of carboxylic acids is 1. The lowest BCUT2D eigenvalue weighted by Gasteiger charge is -2.30. The van der Waals surface area contributed by atoms with E-state index in [1.165, 1.54) is 21.7 Å². The van der Waals surface area contributed by atoms with Crippen molar-refractivity contribution in [3.05, 3.63) is 46.8 Å². The lowest BCUT2D eigenvalue weighted by Crippen LogP contribution is -2.42. The number of fused-ring (bicyclic) bond motifs is 1. The quantitative estimate of drug-likeness (QED) is 0.847. The first-order valence-electron chi connectivity index (χ1n) is 9.56. The molecule has 4 rings (SSSR count). The molecule has 1 fully saturated rings. The largest absolute Gasteiger partial charge is 0.481 e. The molecule has 1 aromatic carbocycles. The number of hydrogen-bond acceptors (Lipinski definition) is 3. The number of carboxylic acid groups (broad SMARTS) is 1. The molecule has 0 saturated carbocycles. The summed E-state index contributed by atoms with van der Waals surface area (Å²) in [6.45, 7) is 0.577. The van der Waals surface area contributed by atoms with E-state index in [0.29, 0.717) is 32.2 Å². The zero-order valence-electron chi connectivity index (χ0n) is 15.6. The van der Waals surface area contributed by atoms with Crippen LogP contribution in [0.15, 0.2) is 24.3 Å². The minimum absolute atomic E-state index is 0.124. The summed E-state index contributed by atoms with van der Waals surface area (Å²) in [5.41, 5.74) is 1.22. The first-order chi connectivity index (χ1) is 13.8. The van der Waals surface area contributed by atoms with Gasteiger partial charge in [0.25, 0.3) is 5.91 Å². The van der Waals surface area contributed by atoms with Crippen LogP contribution in [0.4, 0.5) is 13.2 Å². The van der Waals surface area contributed by atoms with Crippen molar-refractivity contribution in [2.45, 2.75) is 38.3 Å². The molecular weight excluding hydrogens is 387 g/mol. The van der Waals surface area contributed by atoms with Crippen LogP contribution in [0.3, 0.4) is 0 Å². The summed E-state index contributed by atoms with van der Waals surface area (Å²) < 4.78 is 40.7. The van der Waals surface area contributed by atoms with Crippen molar-refractivity contribution in [1.82, 2.24) is 14.7 Å². The van der Waals surface area contributed by atoms with Gasteiger partial charge in [0.15, 0.2) is 5.69 Å². The number of likely N-dealkylation sites (tertiary alicyclic amines) is 1. The number of piperidine rings is 1. The van der Waals surface area contributed by atoms with Crippen LogP contribution >= 0.6 is 0 Å². The number of hydrogen-bond donors (Lipinski definition) is 1. The van der Waals surface area contributed by atoms with Gasteiger partial charge in [-0.05, 0) is 50.3 Å². The van der Waals surface area contributed by atoms with Gasteiger partial charge in [-0.25, -0.2) is 4.68 Å². The van der Waals surface area contributed by atoms with Crippen molar-refractivity contribution in [2.75, 3.05) is 13.1 Å². The number of carbonyl (C=O) groups is 2. The molecular formula is C20H20F3N3O3. The summed E-state index contributed by atoms with van der Waals surface area (Å²) in [5, 5.41) is 13.6. The van der Waals surface area contributed by atoms with E-state index < -0.39 is 23.6 Å². The summed E-state index contributed by atoms with van der Waals surface area (Å²) in [6, 6.07) is 4.89. The minimum Gasteiger partial charge on any atom is -0.481 e. The third-order valence-corrected chi connectivity index (χ3v) is 5.61. The van der Waals surface area contributed by atoms with Gasteiger partial charge in [-0.2, -0.15) is 18.3 Å². The van der Waals surface area contributed by atoms with E-state index in [0.717, 1.165) is 29.8 Å². The van der Waals surface area contributed by atoms with Crippen molar-refractivity contribution in [3.8, 4) is 5.69 Å². The third kappa shape index (κ3) is 3.61. The van der Waals surface area contributed by atoms with Crippen molar-refractivity contribution < 1.29 is 27.9 Å². The number of alkyl halides is 3. The molecule has 0 spiro atoms. The van der Waals surface area contributed by atoms with Crippen molar-refractivity contribution in [2.24, 2.45) is 5.92 Å². The number of benzene rings is 1. The van der Waals surface area contributed by atoms with Gasteiger partial charge in [0.1, 0.15) is 0 Å². The van der Waals surface area contributed by atoms with E-state index in [-0.39, 0.29) is 23.8 Å². The van der Waals surface area contributed by atoms with Gasteiger partial charge in [0.2, 0.25) is 0 Å². The lowest BCUT2D eigenvalue weighted by atomic mass is 9.98. The van der Waals surface area contributed by atoms with Crippen molar-refractivity contribution in [1.29, 1.82) is 0 Å². The normalized spacial score (nSPS) is 19.3. The van der Waals surface area contributed by atoms with Gasteiger partial charge in [-0.1, -0.05) is 6.07 Å². The maximum Gasteiger partial charge on any atom is 0.416 e. The highest BCUT2D eigenvalue weighted by Gasteiger charge is 2.34. The molecule has 2 aliphatic rings. The van der Waals surface area contributed by atoms with Crippen molar-refractivity contribution >= 4 is 11.9 Å². The van der Waals surface area contributed by atoms with E-state index in [1.807, 2.05) is 0 Å². The van der Waals surface area contributed by atoms with E-state index in [1.54, 1.807) is 0 Å². The molecule has 2 aromatic rings. The standard InChI is InChI=1S/C20H20F3N3O3/c21-20(22,23)13-5-1-6-14(10-13)26-16-8-2-7-15(16)17(24-26)18(27)25-9-3-4-12(11-25)19(28)29/h1,5-6,10,12H,2-4,7-9,11H2,(H,28,29)/t12-/m1/s1. The Labute approximate surface area is 164 Å². The molecule has 1 N–H and O–H groups in total. The summed E-state index contributed by atoms with van der Waals surface area (Å²) in [6.07, 6.45) is -1.29. The summed E-state index contributed by atoms with van der Waals surface area (Å²) in [5.74, 6) is -1.88. The Balaban J connectivity index is 1.69. The lowest BCUT2D eigenvalue weighted by molar-refractivity contribution is -0.143. The van der Waals surface area contributed by atoms with Crippen LogP contribution in [0.5, 0.6) is 0 Å². The molecule has 1 atom stereocenters. The number of amides is 1. The van der Waals surface area contributed by atoms with Gasteiger partial charge >= 0.3 is 12.1 Å². The Morgan fingerprint density at radius 3 is 2.69 bits per heavy atom. The predicted octanol–water partition coefficient (Wildman–Crippen LogP) is 3.32. The SMILES string of the molecule is O=C(O)[C@@H]1CCCN(C(=O)c2nn(-c3cccc(C(F)(F)F)c3)c3c2CCC3)C1. The Morgan fingerprint density at radius 2 is 1.97 bits per heavy atom. The number of aliphatic carboxylic acids is 1. The average Bonchev–Trinajstić information content (AvgIpc) is 3.29. The second-order valence-electron chi connectivity index (χ2n) is 7.52. The van der Waals surface area contributed by atoms with Gasteiger partial charge in [0, 0.05) is 24.3 Å². The Kier molecular flexibility index (Phi) is 4.84. The van der Waals surface area contributed by atoms with E-state index in [9.17, 15) is 27.9 Å². The zero-order valence-corrected chi connectivity index (χ0v) is 15.6. The fraction of sp³-hybridized carbons (Fsp3) is 0.450. The van der Waals surface area contributed by atoms with E-state index in [4.69, 9.17) is 0 Å². The first kappa shape index (κ1) is 19.5. The molecule has 1 amide bonds. The minimum atomic E-state index is -4.47. The molecule has 6 nitrogen and oxygen atoms in total.